The van der Waals surface area contributed by atoms with Crippen molar-refractivity contribution in [1.29, 1.82) is 0 Å². The van der Waals surface area contributed by atoms with Gasteiger partial charge in [-0.25, -0.2) is 29.9 Å². The predicted octanol–water partition coefficient (Wildman–Crippen LogP) is 22.1. The fourth-order valence-corrected chi connectivity index (χ4v) is 13.7. The molecule has 0 radical (unpaired) electrons. The highest BCUT2D eigenvalue weighted by Gasteiger charge is 2.38. The molecule has 0 saturated heterocycles. The molecule has 7 aromatic rings. The van der Waals surface area contributed by atoms with E-state index in [1.54, 1.807) is 0 Å². The van der Waals surface area contributed by atoms with Gasteiger partial charge in [0.1, 0.15) is 68.6 Å². The molecule has 0 aliphatic carbocycles. The van der Waals surface area contributed by atoms with Gasteiger partial charge in [-0.05, 0) is 103 Å². The summed E-state index contributed by atoms with van der Waals surface area (Å²) in [4.78, 5) is 43.0. The van der Waals surface area contributed by atoms with Crippen LogP contribution >= 0.6 is 0 Å². The maximum atomic E-state index is 7.26. The molecule has 0 unspecified atom stereocenters. The molecular weight excluding hydrogens is 1300 g/mol. The van der Waals surface area contributed by atoms with Gasteiger partial charge in [0.25, 0.3) is 0 Å². The zero-order valence-electron chi connectivity index (χ0n) is 63.9. The van der Waals surface area contributed by atoms with Crippen LogP contribution in [0.3, 0.4) is 0 Å². The second-order valence-electron chi connectivity index (χ2n) is 26.6. The highest BCUT2D eigenvalue weighted by Crippen LogP contribution is 2.56. The van der Waals surface area contributed by atoms with Crippen LogP contribution in [0.15, 0.2) is 101 Å². The summed E-state index contributed by atoms with van der Waals surface area (Å²) in [6.07, 6.45) is 32.2. The molecule has 4 aromatic carbocycles. The maximum Gasteiger partial charge on any atom is 0.168 e. The summed E-state index contributed by atoms with van der Waals surface area (Å²) in [6.45, 7) is 55.3. The van der Waals surface area contributed by atoms with E-state index in [1.807, 2.05) is 48.6 Å². The fraction of sp³-hybridized carbons (Fsp3) is 0.455. The third-order valence-corrected chi connectivity index (χ3v) is 18.8. The molecule has 16 nitrogen and oxygen atoms in total. The molecule has 2 aliphatic rings. The zero-order valence-corrected chi connectivity index (χ0v) is 63.9. The molecule has 9 rings (SSSR count). The van der Waals surface area contributed by atoms with Crippen LogP contribution < -0.4 is 37.9 Å². The van der Waals surface area contributed by atoms with Crippen molar-refractivity contribution in [2.75, 3.05) is 52.9 Å². The van der Waals surface area contributed by atoms with Crippen LogP contribution in [0.5, 0.6) is 46.0 Å². The van der Waals surface area contributed by atoms with E-state index in [0.717, 1.165) is 147 Å². The van der Waals surface area contributed by atoms with E-state index in [-0.39, 0.29) is 0 Å². The van der Waals surface area contributed by atoms with Crippen LogP contribution in [0.2, 0.25) is 0 Å². The van der Waals surface area contributed by atoms with Crippen LogP contribution in [-0.4, -0.2) is 92.7 Å². The number of nitrogens with zero attached hydrogens (tertiary/aromatic N) is 6. The highest BCUT2D eigenvalue weighted by atomic mass is 16.5. The number of H-pyrrole nitrogens is 2. The number of benzene rings is 4. The molecule has 0 saturated carbocycles. The Morgan fingerprint density at radius 1 is 0.231 bits per heavy atom. The summed E-state index contributed by atoms with van der Waals surface area (Å²) < 4.78 is 58.1. The minimum Gasteiger partial charge on any atom is -0.492 e. The second-order valence-corrected chi connectivity index (χ2v) is 26.6. The number of hydrogen-bond donors (Lipinski definition) is 2. The van der Waals surface area contributed by atoms with E-state index in [4.69, 9.17) is 67.8 Å². The van der Waals surface area contributed by atoms with Crippen molar-refractivity contribution >= 4 is 44.1 Å². The molecule has 104 heavy (non-hydrogen) atoms. The summed E-state index contributed by atoms with van der Waals surface area (Å²) in [7, 11) is 0. The van der Waals surface area contributed by atoms with E-state index in [9.17, 15) is 0 Å². The fourth-order valence-electron chi connectivity index (χ4n) is 13.7. The van der Waals surface area contributed by atoms with Crippen LogP contribution in [0.4, 0.5) is 0 Å². The lowest BCUT2D eigenvalue weighted by Crippen LogP contribution is -2.09. The van der Waals surface area contributed by atoms with Gasteiger partial charge in [-0.15, -0.1) is 52.6 Å². The summed E-state index contributed by atoms with van der Waals surface area (Å²) in [5.74, 6) is 6.11. The van der Waals surface area contributed by atoms with Crippen molar-refractivity contribution in [2.45, 2.75) is 209 Å². The van der Waals surface area contributed by atoms with E-state index >= 15 is 0 Å². The number of aromatic amines is 2. The Bertz CT molecular complexity index is 3880. The zero-order chi connectivity index (χ0) is 74.1. The smallest absolute Gasteiger partial charge is 0.168 e. The number of aromatic nitrogens is 8. The van der Waals surface area contributed by atoms with Gasteiger partial charge in [0.15, 0.2) is 23.3 Å². The highest BCUT2D eigenvalue weighted by molar-refractivity contribution is 6.15. The van der Waals surface area contributed by atoms with Gasteiger partial charge >= 0.3 is 0 Å². The second kappa shape index (κ2) is 39.4. The van der Waals surface area contributed by atoms with Crippen molar-refractivity contribution < 1.29 is 37.9 Å². The van der Waals surface area contributed by atoms with E-state index in [0.29, 0.717) is 240 Å². The first kappa shape index (κ1) is 78.7. The number of ether oxygens (including phenoxy) is 8. The Balaban J connectivity index is 1.74. The quantitative estimate of drug-likeness (QED) is 0.0271. The van der Waals surface area contributed by atoms with Gasteiger partial charge in [0.05, 0.1) is 96.7 Å². The first-order valence-corrected chi connectivity index (χ1v) is 38.6. The molecule has 554 valence electrons. The van der Waals surface area contributed by atoms with Gasteiger partial charge in [-0.1, -0.05) is 155 Å². The van der Waals surface area contributed by atoms with Gasteiger partial charge in [0.2, 0.25) is 0 Å². The average Bonchev–Trinajstić information content (AvgIpc) is 1.56. The first-order valence-electron chi connectivity index (χ1n) is 38.6. The number of hydrogen-bond acceptors (Lipinski definition) is 14. The Morgan fingerprint density at radius 2 is 0.385 bits per heavy atom. The van der Waals surface area contributed by atoms with Gasteiger partial charge in [-0.2, -0.15) is 0 Å². The van der Waals surface area contributed by atoms with Gasteiger partial charge in [0, 0.05) is 44.5 Å². The summed E-state index contributed by atoms with van der Waals surface area (Å²) in [6, 6.07) is 0. The first-order chi connectivity index (χ1) is 51.0. The number of rotatable bonds is 48. The lowest BCUT2D eigenvalue weighted by atomic mass is 9.91. The molecule has 5 heterocycles. The molecule has 8 bridgehead atoms. The number of allylic oxidation sites excluding steroid dienone is 8. The van der Waals surface area contributed by atoms with Gasteiger partial charge in [-0.3, -0.25) is 0 Å². The Labute approximate surface area is 618 Å². The Morgan fingerprint density at radius 3 is 0.538 bits per heavy atom. The monoisotopic (exact) mass is 1410 g/mol. The van der Waals surface area contributed by atoms with Crippen molar-refractivity contribution in [3.05, 3.63) is 146 Å². The SMILES string of the molecule is C=CCc1c(CC=C)c(OCCCC)c2c(c1OCCCC)-c1nc-2nc2[nH]c(nc3nc(nc4[nH]c(n1)c1c(OCCCC)c(CC=C)c(CC=C)c(OCCCC)c41)-c1c(OCCCC)c(CC=C)c(CC=C)c(OCCCC)c1-3)c1c(OCCCC)c(CC=C)c(CC=C)c(OCCCC)c21. The molecule has 0 atom stereocenters. The van der Waals surface area contributed by atoms with E-state index in [2.05, 4.69) is 118 Å². The van der Waals surface area contributed by atoms with Crippen LogP contribution in [-0.2, 0) is 51.4 Å². The molecule has 3 aromatic heterocycles. The minimum atomic E-state index is 0.309. The average molecular weight is 1410 g/mol. The van der Waals surface area contributed by atoms with Crippen LogP contribution in [0.25, 0.3) is 89.7 Å². The third kappa shape index (κ3) is 16.9. The van der Waals surface area contributed by atoms with Crippen molar-refractivity contribution in [3.63, 3.8) is 0 Å². The van der Waals surface area contributed by atoms with Crippen molar-refractivity contribution in [1.82, 2.24) is 39.9 Å². The largest absolute Gasteiger partial charge is 0.492 e. The van der Waals surface area contributed by atoms with Gasteiger partial charge < -0.3 is 47.9 Å². The van der Waals surface area contributed by atoms with Crippen LogP contribution in [0.1, 0.15) is 203 Å². The maximum absolute atomic E-state index is 7.26. The third-order valence-electron chi connectivity index (χ3n) is 18.8. The number of fused-ring (bicyclic) bond motifs is 20. The summed E-state index contributed by atoms with van der Waals surface area (Å²) in [5.41, 5.74) is 11.2. The Kier molecular flexibility index (Phi) is 29.8. The van der Waals surface area contributed by atoms with Crippen molar-refractivity contribution in [3.8, 4) is 91.5 Å². The lowest BCUT2D eigenvalue weighted by molar-refractivity contribution is 0.298. The molecule has 0 spiro atoms. The van der Waals surface area contributed by atoms with E-state index < -0.39 is 0 Å². The molecule has 2 aliphatic heterocycles. The minimum absolute atomic E-state index is 0.309. The van der Waals surface area contributed by atoms with E-state index in [1.165, 1.54) is 0 Å². The topological polar surface area (TPSA) is 183 Å². The molecule has 16 heteroatoms. The lowest BCUT2D eigenvalue weighted by Gasteiger charge is -2.23. The van der Waals surface area contributed by atoms with Crippen molar-refractivity contribution in [2.24, 2.45) is 0 Å². The Hall–Kier alpha value is -9.44. The molecule has 2 N–H and O–H groups in total. The standard InChI is InChI=1S/C88H114N8O8/c1-17-33-49-97-73-57(41-25-9)58(42-26-10)74(98-50-34-18-2)66-65(73)81-89-82(66)94-84-69-70(78(102-54-38-22-6)62(46-30-14)61(45-29-13)77(69)101-53-37-21-5)86(91-84)96-88-72-71(79(103-55-39-23-7)63(47-31-15)64(48-32-16)80(72)104-56-40-24-8)87(92-88)95-85-68-67(83(90-85)93-81)75(99-51-35-19-3)59(43-27-11)60(44-28-12)76(68)100-52-36-20-4/h25-32H,9-24,33-56H2,1-8H3,(H2,89,90,91,92,93,94,95,96). The summed E-state index contributed by atoms with van der Waals surface area (Å²) >= 11 is 0. The molecule has 0 amide bonds. The summed E-state index contributed by atoms with van der Waals surface area (Å²) in [5, 5.41) is 2.54. The molecule has 0 fully saturated rings. The number of unbranched alkanes of at least 4 members (excludes halogenated alkanes) is 8. The predicted molar refractivity (Wildman–Crippen MR) is 430 cm³/mol. The van der Waals surface area contributed by atoms with Crippen LogP contribution in [0, 0.1) is 0 Å². The molecular formula is C88H114N8O8. The number of nitrogens with one attached hydrogen (secondary N) is 2. The normalized spacial score (nSPS) is 11.5.